The molecule has 0 amide bonds. The van der Waals surface area contributed by atoms with Gasteiger partial charge in [-0.25, -0.2) is 0 Å². The zero-order chi connectivity index (χ0) is 17.6. The largest absolute Gasteiger partial charge is 0.393 e. The van der Waals surface area contributed by atoms with Crippen LogP contribution in [0.5, 0.6) is 0 Å². The second kappa shape index (κ2) is 6.24. The molecule has 2 aromatic heterocycles. The molecule has 0 aliphatic heterocycles. The fraction of sp³-hybridized carbons (Fsp3) is 0.500. The fourth-order valence-electron chi connectivity index (χ4n) is 3.93. The van der Waals surface area contributed by atoms with Gasteiger partial charge < -0.3 is 5.11 Å². The maximum absolute atomic E-state index is 12.5. The second-order valence-electron chi connectivity index (χ2n) is 7.09. The third-order valence-corrected chi connectivity index (χ3v) is 5.27. The summed E-state index contributed by atoms with van der Waals surface area (Å²) in [7, 11) is 3.76. The smallest absolute Gasteiger partial charge is 0.262 e. The summed E-state index contributed by atoms with van der Waals surface area (Å²) in [5.74, 6) is 1.68. The lowest BCUT2D eigenvalue weighted by atomic mass is 10.1. The van der Waals surface area contributed by atoms with E-state index in [-0.39, 0.29) is 11.7 Å². The van der Waals surface area contributed by atoms with Crippen LogP contribution in [0.25, 0.3) is 16.7 Å². The minimum Gasteiger partial charge on any atom is -0.393 e. The molecular weight excluding hydrogens is 318 g/mol. The van der Waals surface area contributed by atoms with Crippen LogP contribution in [0.2, 0.25) is 0 Å². The van der Waals surface area contributed by atoms with Crippen molar-refractivity contribution in [2.45, 2.75) is 31.9 Å². The molecule has 0 radical (unpaired) electrons. The van der Waals surface area contributed by atoms with Gasteiger partial charge in [0.15, 0.2) is 5.82 Å². The molecule has 0 bridgehead atoms. The highest BCUT2D eigenvalue weighted by atomic mass is 16.3. The monoisotopic (exact) mass is 341 g/mol. The summed E-state index contributed by atoms with van der Waals surface area (Å²) >= 11 is 0. The Bertz CT molecular complexity index is 977. The first-order valence-corrected chi connectivity index (χ1v) is 8.74. The molecule has 3 aromatic rings. The number of fused-ring (bicyclic) bond motifs is 3. The maximum atomic E-state index is 12.5. The van der Waals surface area contributed by atoms with E-state index in [0.29, 0.717) is 23.6 Å². The topological polar surface area (TPSA) is 75.7 Å². The predicted molar refractivity (Wildman–Crippen MR) is 95.4 cm³/mol. The lowest BCUT2D eigenvalue weighted by Crippen LogP contribution is -2.30. The van der Waals surface area contributed by atoms with Crippen molar-refractivity contribution in [2.75, 3.05) is 13.6 Å². The van der Waals surface area contributed by atoms with Crippen molar-refractivity contribution in [3.63, 3.8) is 0 Å². The fourth-order valence-corrected chi connectivity index (χ4v) is 3.93. The van der Waals surface area contributed by atoms with E-state index in [2.05, 4.69) is 15.1 Å². The number of aliphatic hydroxyl groups is 1. The molecule has 2 unspecified atom stereocenters. The number of hydrogen-bond acceptors (Lipinski definition) is 5. The highest BCUT2D eigenvalue weighted by molar-refractivity contribution is 5.80. The summed E-state index contributed by atoms with van der Waals surface area (Å²) in [6.07, 6.45) is 2.88. The minimum atomic E-state index is -0.195. The van der Waals surface area contributed by atoms with Gasteiger partial charge in [-0.05, 0) is 37.9 Å². The Kier molecular flexibility index (Phi) is 4.05. The highest BCUT2D eigenvalue weighted by Gasteiger charge is 2.26. The number of hydrogen-bond donors (Lipinski definition) is 1. The summed E-state index contributed by atoms with van der Waals surface area (Å²) in [5.41, 5.74) is 0.763. The highest BCUT2D eigenvalue weighted by Crippen LogP contribution is 2.26. The standard InChI is InChI=1S/C18H23N5O2/c1-21(10-12-6-5-9-15(12)24)11-16-19-20-18-22(2)17(25)13-7-3-4-8-14(13)23(16)18/h3-4,7-8,12,15,24H,5-6,9-11H2,1-2H3. The van der Waals surface area contributed by atoms with Crippen LogP contribution < -0.4 is 5.56 Å². The number of para-hydroxylation sites is 1. The zero-order valence-electron chi connectivity index (χ0n) is 14.6. The number of aromatic nitrogens is 4. The van der Waals surface area contributed by atoms with Crippen LogP contribution in [-0.2, 0) is 13.6 Å². The second-order valence-corrected chi connectivity index (χ2v) is 7.09. The Balaban J connectivity index is 1.72. The molecule has 7 nitrogen and oxygen atoms in total. The number of aryl methyl sites for hydroxylation is 1. The van der Waals surface area contributed by atoms with Gasteiger partial charge in [0.2, 0.25) is 5.78 Å². The van der Waals surface area contributed by atoms with Crippen molar-refractivity contribution >= 4 is 16.7 Å². The Morgan fingerprint density at radius 2 is 2.08 bits per heavy atom. The molecule has 1 aliphatic carbocycles. The molecule has 2 heterocycles. The molecule has 1 N–H and O–H groups in total. The first kappa shape index (κ1) is 16.2. The number of benzene rings is 1. The SMILES string of the molecule is CN(Cc1nnc2n(C)c(=O)c3ccccc3n12)CC1CCCC1O. The summed E-state index contributed by atoms with van der Waals surface area (Å²) in [6.45, 7) is 1.45. The minimum absolute atomic E-state index is 0.0653. The van der Waals surface area contributed by atoms with Gasteiger partial charge in [-0.1, -0.05) is 18.6 Å². The van der Waals surface area contributed by atoms with Gasteiger partial charge in [-0.15, -0.1) is 10.2 Å². The average Bonchev–Trinajstić information content (AvgIpc) is 3.20. The molecule has 2 atom stereocenters. The predicted octanol–water partition coefficient (Wildman–Crippen LogP) is 1.17. The summed E-state index contributed by atoms with van der Waals surface area (Å²) in [6, 6.07) is 7.55. The van der Waals surface area contributed by atoms with Crippen molar-refractivity contribution in [1.82, 2.24) is 24.1 Å². The maximum Gasteiger partial charge on any atom is 0.262 e. The quantitative estimate of drug-likeness (QED) is 0.771. The molecule has 132 valence electrons. The Morgan fingerprint density at radius 3 is 2.84 bits per heavy atom. The number of aliphatic hydroxyl groups excluding tert-OH is 1. The van der Waals surface area contributed by atoms with Crippen LogP contribution >= 0.6 is 0 Å². The molecule has 25 heavy (non-hydrogen) atoms. The summed E-state index contributed by atoms with van der Waals surface area (Å²) in [5, 5.41) is 19.3. The summed E-state index contributed by atoms with van der Waals surface area (Å²) < 4.78 is 3.50. The molecular formula is C18H23N5O2. The lowest BCUT2D eigenvalue weighted by Gasteiger charge is -2.22. The molecule has 1 saturated carbocycles. The number of rotatable bonds is 4. The Labute approximate surface area is 145 Å². The van der Waals surface area contributed by atoms with Crippen molar-refractivity contribution in [1.29, 1.82) is 0 Å². The Hall–Kier alpha value is -2.25. The third kappa shape index (κ3) is 2.73. The molecule has 1 aliphatic rings. The van der Waals surface area contributed by atoms with E-state index in [9.17, 15) is 9.90 Å². The van der Waals surface area contributed by atoms with E-state index in [0.717, 1.165) is 37.1 Å². The van der Waals surface area contributed by atoms with E-state index in [1.54, 1.807) is 11.6 Å². The van der Waals surface area contributed by atoms with Gasteiger partial charge in [0, 0.05) is 13.6 Å². The van der Waals surface area contributed by atoms with Crippen LogP contribution in [0.4, 0.5) is 0 Å². The molecule has 0 spiro atoms. The van der Waals surface area contributed by atoms with E-state index < -0.39 is 0 Å². The van der Waals surface area contributed by atoms with Gasteiger partial charge in [0.05, 0.1) is 23.6 Å². The third-order valence-electron chi connectivity index (χ3n) is 5.27. The van der Waals surface area contributed by atoms with Crippen LogP contribution in [0.3, 0.4) is 0 Å². The first-order valence-electron chi connectivity index (χ1n) is 8.74. The van der Waals surface area contributed by atoms with Crippen LogP contribution in [0, 0.1) is 5.92 Å². The van der Waals surface area contributed by atoms with Gasteiger partial charge in [-0.2, -0.15) is 0 Å². The molecule has 1 aromatic carbocycles. The van der Waals surface area contributed by atoms with E-state index in [1.165, 1.54) is 0 Å². The lowest BCUT2D eigenvalue weighted by molar-refractivity contribution is 0.107. The van der Waals surface area contributed by atoms with E-state index in [1.807, 2.05) is 35.7 Å². The molecule has 1 fully saturated rings. The first-order chi connectivity index (χ1) is 12.1. The molecule has 4 rings (SSSR count). The summed E-state index contributed by atoms with van der Waals surface area (Å²) in [4.78, 5) is 14.7. The van der Waals surface area contributed by atoms with Crippen LogP contribution in [0.1, 0.15) is 25.1 Å². The normalized spacial score (nSPS) is 21.0. The van der Waals surface area contributed by atoms with Gasteiger partial charge in [-0.3, -0.25) is 18.7 Å². The zero-order valence-corrected chi connectivity index (χ0v) is 14.6. The van der Waals surface area contributed by atoms with Crippen LogP contribution in [-0.4, -0.2) is 48.9 Å². The average molecular weight is 341 g/mol. The van der Waals surface area contributed by atoms with Crippen molar-refractivity contribution < 1.29 is 5.11 Å². The van der Waals surface area contributed by atoms with E-state index in [4.69, 9.17) is 0 Å². The van der Waals surface area contributed by atoms with Crippen molar-refractivity contribution in [2.24, 2.45) is 13.0 Å². The van der Waals surface area contributed by atoms with Gasteiger partial charge in [0.25, 0.3) is 5.56 Å². The van der Waals surface area contributed by atoms with Crippen molar-refractivity contribution in [3.8, 4) is 0 Å². The Morgan fingerprint density at radius 1 is 1.28 bits per heavy atom. The number of nitrogens with zero attached hydrogens (tertiary/aromatic N) is 5. The van der Waals surface area contributed by atoms with Crippen molar-refractivity contribution in [3.05, 3.63) is 40.4 Å². The van der Waals surface area contributed by atoms with E-state index >= 15 is 0 Å². The molecule has 0 saturated heterocycles. The van der Waals surface area contributed by atoms with Gasteiger partial charge in [0.1, 0.15) is 0 Å². The molecule has 7 heteroatoms. The van der Waals surface area contributed by atoms with Gasteiger partial charge >= 0.3 is 0 Å². The van der Waals surface area contributed by atoms with Crippen LogP contribution in [0.15, 0.2) is 29.1 Å².